The normalized spacial score (nSPS) is 11.8. The molecule has 1 amide bonds. The summed E-state index contributed by atoms with van der Waals surface area (Å²) in [6.07, 6.45) is -3.86. The number of rotatable bonds is 4. The minimum absolute atomic E-state index is 0.0101. The molecular weight excluding hydrogens is 401 g/mol. The maximum Gasteiger partial charge on any atom is 0.434 e. The molecule has 0 aliphatic carbocycles. The number of carbonyl (C=O) groups is 1. The Hall–Kier alpha value is -2.39. The van der Waals surface area contributed by atoms with Gasteiger partial charge in [-0.1, -0.05) is 23.7 Å². The van der Waals surface area contributed by atoms with E-state index in [-0.39, 0.29) is 11.2 Å². The van der Waals surface area contributed by atoms with Gasteiger partial charge in [0.05, 0.1) is 17.5 Å². The van der Waals surface area contributed by atoms with Gasteiger partial charge in [-0.2, -0.15) is 18.3 Å². The van der Waals surface area contributed by atoms with Crippen LogP contribution in [0.4, 0.5) is 13.2 Å². The molecule has 3 aromatic rings. The summed E-state index contributed by atoms with van der Waals surface area (Å²) < 4.78 is 41.5. The Balaban J connectivity index is 2.03. The van der Waals surface area contributed by atoms with Gasteiger partial charge in [0, 0.05) is 22.0 Å². The lowest BCUT2D eigenvalue weighted by Gasteiger charge is -2.12. The average molecular weight is 415 g/mol. The topological polar surface area (TPSA) is 59.8 Å². The molecule has 1 N–H and O–H groups in total. The minimum Gasteiger partial charge on any atom is -0.350 e. The van der Waals surface area contributed by atoms with Crippen LogP contribution >= 0.6 is 22.9 Å². The summed E-state index contributed by atoms with van der Waals surface area (Å²) in [7, 11) is 0. The van der Waals surface area contributed by atoms with E-state index in [1.165, 1.54) is 0 Å². The largest absolute Gasteiger partial charge is 0.434 e. The van der Waals surface area contributed by atoms with E-state index in [1.54, 1.807) is 43.5 Å². The van der Waals surface area contributed by atoms with Crippen LogP contribution in [-0.4, -0.2) is 26.7 Å². The quantitative estimate of drug-likeness (QED) is 0.666. The Morgan fingerprint density at radius 2 is 1.93 bits per heavy atom. The lowest BCUT2D eigenvalue weighted by atomic mass is 10.2. The van der Waals surface area contributed by atoms with Crippen molar-refractivity contribution >= 4 is 28.8 Å². The van der Waals surface area contributed by atoms with Crippen LogP contribution in [0.15, 0.2) is 35.8 Å². The van der Waals surface area contributed by atoms with E-state index in [0.29, 0.717) is 21.0 Å². The van der Waals surface area contributed by atoms with E-state index in [1.807, 2.05) is 0 Å². The third kappa shape index (κ3) is 4.14. The van der Waals surface area contributed by atoms with E-state index in [0.717, 1.165) is 17.5 Å². The zero-order valence-electron chi connectivity index (χ0n) is 14.2. The highest BCUT2D eigenvalue weighted by atomic mass is 35.5. The molecule has 0 fully saturated rings. The number of hydrogen-bond donors (Lipinski definition) is 1. The number of thiazole rings is 1. The van der Waals surface area contributed by atoms with E-state index in [9.17, 15) is 18.0 Å². The Bertz CT molecular complexity index is 963. The molecule has 0 spiro atoms. The summed E-state index contributed by atoms with van der Waals surface area (Å²) in [4.78, 5) is 16.4. The molecule has 10 heteroatoms. The van der Waals surface area contributed by atoms with Gasteiger partial charge in [0.15, 0.2) is 5.69 Å². The fourth-order valence-electron chi connectivity index (χ4n) is 2.39. The fourth-order valence-corrected chi connectivity index (χ4v) is 3.31. The molecule has 0 bridgehead atoms. The maximum atomic E-state index is 13.6. The number of carbonyl (C=O) groups excluding carboxylic acids is 1. The minimum atomic E-state index is -4.77. The summed E-state index contributed by atoms with van der Waals surface area (Å²) in [6.45, 7) is 3.32. The predicted octanol–water partition coefficient (Wildman–Crippen LogP) is 4.81. The van der Waals surface area contributed by atoms with Gasteiger partial charge >= 0.3 is 6.18 Å². The molecule has 0 aliphatic rings. The van der Waals surface area contributed by atoms with Crippen molar-refractivity contribution in [2.75, 3.05) is 0 Å². The van der Waals surface area contributed by atoms with Gasteiger partial charge < -0.3 is 5.32 Å². The van der Waals surface area contributed by atoms with Crippen LogP contribution in [0.25, 0.3) is 16.4 Å². The molecule has 142 valence electrons. The highest BCUT2D eigenvalue weighted by molar-refractivity contribution is 7.12. The van der Waals surface area contributed by atoms with Crippen molar-refractivity contribution in [3.63, 3.8) is 0 Å². The maximum absolute atomic E-state index is 13.6. The van der Waals surface area contributed by atoms with Gasteiger partial charge in [0.25, 0.3) is 5.91 Å². The molecule has 0 atom stereocenters. The van der Waals surface area contributed by atoms with Crippen LogP contribution in [-0.2, 0) is 6.18 Å². The van der Waals surface area contributed by atoms with E-state index in [4.69, 9.17) is 11.6 Å². The molecule has 27 heavy (non-hydrogen) atoms. The van der Waals surface area contributed by atoms with Gasteiger partial charge in [0.1, 0.15) is 0 Å². The van der Waals surface area contributed by atoms with Crippen molar-refractivity contribution < 1.29 is 18.0 Å². The zero-order chi connectivity index (χ0) is 19.8. The van der Waals surface area contributed by atoms with Crippen molar-refractivity contribution in [1.29, 1.82) is 0 Å². The molecule has 0 unspecified atom stereocenters. The van der Waals surface area contributed by atoms with Crippen LogP contribution in [0.3, 0.4) is 0 Å². The fraction of sp³-hybridized carbons (Fsp3) is 0.235. The Kier molecular flexibility index (Phi) is 5.25. The van der Waals surface area contributed by atoms with E-state index in [2.05, 4.69) is 15.4 Å². The smallest absolute Gasteiger partial charge is 0.350 e. The molecule has 0 aliphatic heterocycles. The molecular formula is C17H14ClF3N4OS. The standard InChI is InChI=1S/C17H14ClF3N4OS/c1-9(2)23-15(26)12-7-22-25(14(12)17(19,20)21)16-24-13(8-27-16)10-3-5-11(18)6-4-10/h3-9H,1-2H3,(H,23,26). The summed E-state index contributed by atoms with van der Waals surface area (Å²) in [5, 5.41) is 8.39. The highest BCUT2D eigenvalue weighted by Crippen LogP contribution is 2.35. The Morgan fingerprint density at radius 1 is 1.26 bits per heavy atom. The lowest BCUT2D eigenvalue weighted by Crippen LogP contribution is -2.31. The average Bonchev–Trinajstić information content (AvgIpc) is 3.21. The van der Waals surface area contributed by atoms with Crippen molar-refractivity contribution in [2.24, 2.45) is 0 Å². The Morgan fingerprint density at radius 3 is 2.52 bits per heavy atom. The van der Waals surface area contributed by atoms with Crippen molar-refractivity contribution in [2.45, 2.75) is 26.1 Å². The second-order valence-electron chi connectivity index (χ2n) is 5.97. The summed E-state index contributed by atoms with van der Waals surface area (Å²) in [6, 6.07) is 6.46. The molecule has 0 radical (unpaired) electrons. The van der Waals surface area contributed by atoms with Crippen molar-refractivity contribution in [1.82, 2.24) is 20.1 Å². The van der Waals surface area contributed by atoms with Gasteiger partial charge in [0.2, 0.25) is 5.13 Å². The van der Waals surface area contributed by atoms with Crippen molar-refractivity contribution in [3.05, 3.63) is 52.1 Å². The number of hydrogen-bond acceptors (Lipinski definition) is 4. The lowest BCUT2D eigenvalue weighted by molar-refractivity contribution is -0.143. The van der Waals surface area contributed by atoms with Crippen LogP contribution in [0.1, 0.15) is 29.9 Å². The first kappa shape index (κ1) is 19.4. The number of amides is 1. The first-order valence-electron chi connectivity index (χ1n) is 7.84. The van der Waals surface area contributed by atoms with Gasteiger partial charge in [-0.05, 0) is 26.0 Å². The molecule has 2 heterocycles. The van der Waals surface area contributed by atoms with Gasteiger partial charge in [-0.3, -0.25) is 4.79 Å². The second-order valence-corrected chi connectivity index (χ2v) is 7.24. The molecule has 2 aromatic heterocycles. The van der Waals surface area contributed by atoms with Crippen LogP contribution in [0.2, 0.25) is 5.02 Å². The summed E-state index contributed by atoms with van der Waals surface area (Å²) in [5.41, 5.74) is -0.499. The summed E-state index contributed by atoms with van der Waals surface area (Å²) in [5.74, 6) is -0.835. The van der Waals surface area contributed by atoms with E-state index < -0.39 is 23.3 Å². The number of halogens is 4. The number of nitrogens with one attached hydrogen (secondary N) is 1. The highest BCUT2D eigenvalue weighted by Gasteiger charge is 2.41. The van der Waals surface area contributed by atoms with Gasteiger partial charge in [-0.15, -0.1) is 11.3 Å². The zero-order valence-corrected chi connectivity index (χ0v) is 15.8. The SMILES string of the molecule is CC(C)NC(=O)c1cnn(-c2nc(-c3ccc(Cl)cc3)cs2)c1C(F)(F)F. The second kappa shape index (κ2) is 7.32. The van der Waals surface area contributed by atoms with Crippen LogP contribution in [0, 0.1) is 0 Å². The monoisotopic (exact) mass is 414 g/mol. The third-order valence-electron chi connectivity index (χ3n) is 3.52. The van der Waals surface area contributed by atoms with Crippen molar-refractivity contribution in [3.8, 4) is 16.4 Å². The molecule has 0 saturated carbocycles. The molecule has 1 aromatic carbocycles. The first-order valence-corrected chi connectivity index (χ1v) is 9.10. The first-order chi connectivity index (χ1) is 12.7. The number of benzene rings is 1. The molecule has 5 nitrogen and oxygen atoms in total. The predicted molar refractivity (Wildman–Crippen MR) is 97.3 cm³/mol. The summed E-state index contributed by atoms with van der Waals surface area (Å²) >= 11 is 6.84. The molecule has 3 rings (SSSR count). The van der Waals surface area contributed by atoms with Crippen LogP contribution in [0.5, 0.6) is 0 Å². The number of aromatic nitrogens is 3. The van der Waals surface area contributed by atoms with Gasteiger partial charge in [-0.25, -0.2) is 9.67 Å². The Labute approximate surface area is 161 Å². The van der Waals surface area contributed by atoms with Crippen LogP contribution < -0.4 is 5.32 Å². The number of nitrogens with zero attached hydrogens (tertiary/aromatic N) is 3. The third-order valence-corrected chi connectivity index (χ3v) is 4.58. The van der Waals surface area contributed by atoms with E-state index >= 15 is 0 Å². The number of alkyl halides is 3. The molecule has 0 saturated heterocycles.